The van der Waals surface area contributed by atoms with Gasteiger partial charge in [0.2, 0.25) is 0 Å². The van der Waals surface area contributed by atoms with Crippen LogP contribution in [0, 0.1) is 11.7 Å². The number of aliphatic hydroxyl groups excluding tert-OH is 1. The molecule has 0 unspecified atom stereocenters. The number of carbonyl (C=O) groups is 1. The molecule has 0 spiro atoms. The van der Waals surface area contributed by atoms with E-state index in [2.05, 4.69) is 5.32 Å². The fourth-order valence-electron chi connectivity index (χ4n) is 1.87. The Labute approximate surface area is 99.0 Å². The second kappa shape index (κ2) is 5.10. The standard InChI is InChI=1S/C13H14FNO2/c14-11-4-2-10(3-5-11)13(17)15-12-6-1-9(7-12)8-16/h1-6,9,12,16H,7-8H2,(H,15,17)/t9-,12+/m0/s1. The molecule has 2 rings (SSSR count). The van der Waals surface area contributed by atoms with Gasteiger partial charge in [0.1, 0.15) is 5.82 Å². The van der Waals surface area contributed by atoms with Crippen molar-refractivity contribution in [3.05, 3.63) is 47.8 Å². The van der Waals surface area contributed by atoms with Crippen LogP contribution in [0.3, 0.4) is 0 Å². The van der Waals surface area contributed by atoms with Crippen LogP contribution in [0.25, 0.3) is 0 Å². The molecule has 0 fully saturated rings. The summed E-state index contributed by atoms with van der Waals surface area (Å²) < 4.78 is 12.7. The van der Waals surface area contributed by atoms with Crippen molar-refractivity contribution in [3.8, 4) is 0 Å². The molecule has 1 aliphatic carbocycles. The van der Waals surface area contributed by atoms with E-state index in [-0.39, 0.29) is 30.3 Å². The Morgan fingerprint density at radius 2 is 2.06 bits per heavy atom. The van der Waals surface area contributed by atoms with Crippen molar-refractivity contribution in [3.63, 3.8) is 0 Å². The Hall–Kier alpha value is -1.68. The molecular weight excluding hydrogens is 221 g/mol. The average Bonchev–Trinajstić information content (AvgIpc) is 2.77. The lowest BCUT2D eigenvalue weighted by Gasteiger charge is -2.12. The van der Waals surface area contributed by atoms with Crippen LogP contribution in [0.5, 0.6) is 0 Å². The number of rotatable bonds is 3. The normalized spacial score (nSPS) is 22.7. The van der Waals surface area contributed by atoms with Crippen LogP contribution in [0.1, 0.15) is 16.8 Å². The molecule has 0 heterocycles. The molecule has 0 aromatic heterocycles. The van der Waals surface area contributed by atoms with Gasteiger partial charge in [-0.15, -0.1) is 0 Å². The molecular formula is C13H14FNO2. The van der Waals surface area contributed by atoms with E-state index in [4.69, 9.17) is 5.11 Å². The second-order valence-corrected chi connectivity index (χ2v) is 4.15. The predicted octanol–water partition coefficient (Wildman–Crippen LogP) is 1.49. The highest BCUT2D eigenvalue weighted by Gasteiger charge is 2.20. The summed E-state index contributed by atoms with van der Waals surface area (Å²) in [5.41, 5.74) is 0.437. The third kappa shape index (κ3) is 2.91. The summed E-state index contributed by atoms with van der Waals surface area (Å²) in [5, 5.41) is 11.8. The van der Waals surface area contributed by atoms with Crippen molar-refractivity contribution >= 4 is 5.91 Å². The third-order valence-corrected chi connectivity index (χ3v) is 2.83. The molecule has 0 radical (unpaired) electrons. The Morgan fingerprint density at radius 3 is 2.65 bits per heavy atom. The maximum absolute atomic E-state index is 12.7. The summed E-state index contributed by atoms with van der Waals surface area (Å²) in [4.78, 5) is 11.8. The zero-order valence-corrected chi connectivity index (χ0v) is 9.27. The SMILES string of the molecule is O=C(N[C@@H]1C=C[C@H](CO)C1)c1ccc(F)cc1. The number of nitrogens with one attached hydrogen (secondary N) is 1. The molecule has 90 valence electrons. The third-order valence-electron chi connectivity index (χ3n) is 2.83. The van der Waals surface area contributed by atoms with Crippen molar-refractivity contribution in [2.24, 2.45) is 5.92 Å². The molecule has 17 heavy (non-hydrogen) atoms. The number of benzene rings is 1. The van der Waals surface area contributed by atoms with Crippen LogP contribution in [0.15, 0.2) is 36.4 Å². The van der Waals surface area contributed by atoms with E-state index in [0.29, 0.717) is 12.0 Å². The molecule has 4 heteroatoms. The Morgan fingerprint density at radius 1 is 1.35 bits per heavy atom. The zero-order chi connectivity index (χ0) is 12.3. The second-order valence-electron chi connectivity index (χ2n) is 4.15. The Kier molecular flexibility index (Phi) is 3.54. The molecule has 0 aliphatic heterocycles. The first-order valence-corrected chi connectivity index (χ1v) is 5.54. The van der Waals surface area contributed by atoms with Gasteiger partial charge in [-0.25, -0.2) is 4.39 Å². The quantitative estimate of drug-likeness (QED) is 0.780. The summed E-state index contributed by atoms with van der Waals surface area (Å²) in [6.45, 7) is 0.0966. The van der Waals surface area contributed by atoms with Crippen molar-refractivity contribution in [1.82, 2.24) is 5.32 Å². The molecule has 1 amide bonds. The maximum atomic E-state index is 12.7. The molecule has 3 nitrogen and oxygen atoms in total. The Balaban J connectivity index is 1.94. The van der Waals surface area contributed by atoms with Crippen molar-refractivity contribution in [1.29, 1.82) is 0 Å². The number of halogens is 1. The van der Waals surface area contributed by atoms with Crippen LogP contribution in [0.2, 0.25) is 0 Å². The zero-order valence-electron chi connectivity index (χ0n) is 9.27. The molecule has 1 aliphatic rings. The van der Waals surface area contributed by atoms with Crippen LogP contribution in [0.4, 0.5) is 4.39 Å². The van der Waals surface area contributed by atoms with E-state index in [9.17, 15) is 9.18 Å². The first-order valence-electron chi connectivity index (χ1n) is 5.54. The highest BCUT2D eigenvalue weighted by Crippen LogP contribution is 2.17. The molecule has 2 atom stereocenters. The van der Waals surface area contributed by atoms with Crippen molar-refractivity contribution < 1.29 is 14.3 Å². The number of carbonyl (C=O) groups excluding carboxylic acids is 1. The van der Waals surface area contributed by atoms with Gasteiger partial charge in [-0.2, -0.15) is 0 Å². The van der Waals surface area contributed by atoms with Gasteiger partial charge in [-0.05, 0) is 30.7 Å². The fraction of sp³-hybridized carbons (Fsp3) is 0.308. The van der Waals surface area contributed by atoms with Gasteiger partial charge < -0.3 is 10.4 Å². The summed E-state index contributed by atoms with van der Waals surface area (Å²) in [5.74, 6) is -0.464. The van der Waals surface area contributed by atoms with Crippen molar-refractivity contribution in [2.45, 2.75) is 12.5 Å². The Bertz CT molecular complexity index is 428. The van der Waals surface area contributed by atoms with Gasteiger partial charge in [-0.1, -0.05) is 12.2 Å². The van der Waals surface area contributed by atoms with Crippen LogP contribution in [-0.4, -0.2) is 23.7 Å². The molecule has 0 saturated heterocycles. The number of hydrogen-bond acceptors (Lipinski definition) is 2. The average molecular weight is 235 g/mol. The van der Waals surface area contributed by atoms with E-state index < -0.39 is 0 Å². The number of hydrogen-bond donors (Lipinski definition) is 2. The molecule has 1 aromatic rings. The summed E-state index contributed by atoms with van der Waals surface area (Å²) >= 11 is 0. The highest BCUT2D eigenvalue weighted by molar-refractivity contribution is 5.94. The highest BCUT2D eigenvalue weighted by atomic mass is 19.1. The van der Waals surface area contributed by atoms with Crippen LogP contribution >= 0.6 is 0 Å². The minimum atomic E-state index is -0.359. The fourth-order valence-corrected chi connectivity index (χ4v) is 1.87. The smallest absolute Gasteiger partial charge is 0.251 e. The first-order chi connectivity index (χ1) is 8.19. The minimum Gasteiger partial charge on any atom is -0.396 e. The predicted molar refractivity (Wildman–Crippen MR) is 62.0 cm³/mol. The lowest BCUT2D eigenvalue weighted by atomic mass is 10.1. The minimum absolute atomic E-state index is 0.0512. The monoisotopic (exact) mass is 235 g/mol. The van der Waals surface area contributed by atoms with E-state index in [1.54, 1.807) is 0 Å². The van der Waals surface area contributed by atoms with Gasteiger partial charge in [0.05, 0.1) is 0 Å². The van der Waals surface area contributed by atoms with Gasteiger partial charge in [0.25, 0.3) is 5.91 Å². The molecule has 1 aromatic carbocycles. The summed E-state index contributed by atoms with van der Waals surface area (Å²) in [6, 6.07) is 5.37. The van der Waals surface area contributed by atoms with Gasteiger partial charge >= 0.3 is 0 Å². The van der Waals surface area contributed by atoms with E-state index in [0.717, 1.165) is 0 Å². The van der Waals surface area contributed by atoms with Gasteiger partial charge in [0, 0.05) is 24.1 Å². The largest absolute Gasteiger partial charge is 0.396 e. The lowest BCUT2D eigenvalue weighted by molar-refractivity contribution is 0.0941. The molecule has 2 N–H and O–H groups in total. The van der Waals surface area contributed by atoms with Crippen LogP contribution in [-0.2, 0) is 0 Å². The van der Waals surface area contributed by atoms with Crippen molar-refractivity contribution in [2.75, 3.05) is 6.61 Å². The van der Waals surface area contributed by atoms with E-state index >= 15 is 0 Å². The van der Waals surface area contributed by atoms with E-state index in [1.807, 2.05) is 12.2 Å². The summed E-state index contributed by atoms with van der Waals surface area (Å²) in [6.07, 6.45) is 4.49. The lowest BCUT2D eigenvalue weighted by Crippen LogP contribution is -2.32. The van der Waals surface area contributed by atoms with Gasteiger partial charge in [0.15, 0.2) is 0 Å². The summed E-state index contributed by atoms with van der Waals surface area (Å²) in [7, 11) is 0. The molecule has 0 bridgehead atoms. The topological polar surface area (TPSA) is 49.3 Å². The molecule has 0 saturated carbocycles. The maximum Gasteiger partial charge on any atom is 0.251 e. The van der Waals surface area contributed by atoms with Gasteiger partial charge in [-0.3, -0.25) is 4.79 Å². The van der Waals surface area contributed by atoms with Crippen LogP contribution < -0.4 is 5.32 Å². The number of aliphatic hydroxyl groups is 1. The van der Waals surface area contributed by atoms with E-state index in [1.165, 1.54) is 24.3 Å². The first kappa shape index (κ1) is 11.8. The number of amides is 1.